The summed E-state index contributed by atoms with van der Waals surface area (Å²) in [5.41, 5.74) is 1.25. The summed E-state index contributed by atoms with van der Waals surface area (Å²) < 4.78 is 4.92. The molecule has 0 N–H and O–H groups in total. The summed E-state index contributed by atoms with van der Waals surface area (Å²) in [6.07, 6.45) is 0.621. The average molecular weight is 201 g/mol. The van der Waals surface area contributed by atoms with Crippen LogP contribution in [-0.2, 0) is 6.42 Å². The molecule has 76 valence electrons. The molecule has 1 heterocycles. The molecular formula is C12H11NO2. The average Bonchev–Trinajstić information content (AvgIpc) is 2.29. The van der Waals surface area contributed by atoms with Gasteiger partial charge in [0, 0.05) is 12.0 Å². The number of nitrogens with zero attached hydrogens (tertiary/aromatic N) is 1. The Kier molecular flexibility index (Phi) is 2.63. The van der Waals surface area contributed by atoms with E-state index in [1.807, 2.05) is 37.3 Å². The van der Waals surface area contributed by atoms with Crippen molar-refractivity contribution in [2.24, 2.45) is 0 Å². The Balaban J connectivity index is 2.54. The quantitative estimate of drug-likeness (QED) is 0.748. The summed E-state index contributed by atoms with van der Waals surface area (Å²) in [4.78, 5) is 15.5. The first-order chi connectivity index (χ1) is 7.29. The summed E-state index contributed by atoms with van der Waals surface area (Å²) in [6.45, 7) is 1.90. The highest BCUT2D eigenvalue weighted by Gasteiger charge is 2.03. The fraction of sp³-hybridized carbons (Fsp3) is 0.167. The Labute approximate surface area is 87.4 Å². The van der Waals surface area contributed by atoms with Gasteiger partial charge < -0.3 is 4.42 Å². The maximum atomic E-state index is 11.2. The van der Waals surface area contributed by atoms with E-state index in [0.717, 1.165) is 5.56 Å². The molecule has 3 heteroatoms. The molecule has 0 amide bonds. The van der Waals surface area contributed by atoms with Crippen LogP contribution in [0.25, 0.3) is 11.3 Å². The minimum atomic E-state index is -0.347. The van der Waals surface area contributed by atoms with Crippen molar-refractivity contribution in [3.05, 3.63) is 52.7 Å². The Hall–Kier alpha value is -1.90. The van der Waals surface area contributed by atoms with Gasteiger partial charge in [0.25, 0.3) is 0 Å². The second-order valence-electron chi connectivity index (χ2n) is 3.18. The molecule has 0 radical (unpaired) electrons. The topological polar surface area (TPSA) is 43.1 Å². The van der Waals surface area contributed by atoms with E-state index in [4.69, 9.17) is 4.42 Å². The second-order valence-corrected chi connectivity index (χ2v) is 3.18. The number of aryl methyl sites for hydroxylation is 1. The lowest BCUT2D eigenvalue weighted by atomic mass is 10.1. The summed E-state index contributed by atoms with van der Waals surface area (Å²) in [7, 11) is 0. The van der Waals surface area contributed by atoms with Crippen LogP contribution in [0.2, 0.25) is 0 Å². The van der Waals surface area contributed by atoms with E-state index < -0.39 is 0 Å². The smallest absolute Gasteiger partial charge is 0.339 e. The lowest BCUT2D eigenvalue weighted by Gasteiger charge is -2.00. The minimum absolute atomic E-state index is 0.347. The van der Waals surface area contributed by atoms with Gasteiger partial charge in [0.15, 0.2) is 5.89 Å². The van der Waals surface area contributed by atoms with Crippen LogP contribution < -0.4 is 5.63 Å². The summed E-state index contributed by atoms with van der Waals surface area (Å²) >= 11 is 0. The first-order valence-electron chi connectivity index (χ1n) is 4.86. The summed E-state index contributed by atoms with van der Waals surface area (Å²) in [5.74, 6) is 0.473. The van der Waals surface area contributed by atoms with Crippen molar-refractivity contribution < 1.29 is 4.42 Å². The predicted octanol–water partition coefficient (Wildman–Crippen LogP) is 2.26. The Morgan fingerprint density at radius 2 is 2.00 bits per heavy atom. The number of hydrogen-bond donors (Lipinski definition) is 0. The van der Waals surface area contributed by atoms with Crippen molar-refractivity contribution in [2.45, 2.75) is 13.3 Å². The third-order valence-electron chi connectivity index (χ3n) is 2.09. The molecule has 0 aliphatic rings. The molecule has 3 nitrogen and oxygen atoms in total. The standard InChI is InChI=1S/C12H11NO2/c1-2-11-13-10(8-12(14)15-11)9-6-4-3-5-7-9/h3-8H,2H2,1H3. The second kappa shape index (κ2) is 4.09. The third-order valence-corrected chi connectivity index (χ3v) is 2.09. The predicted molar refractivity (Wildman–Crippen MR) is 57.6 cm³/mol. The number of benzene rings is 1. The zero-order valence-electron chi connectivity index (χ0n) is 8.43. The van der Waals surface area contributed by atoms with Crippen molar-refractivity contribution >= 4 is 0 Å². The van der Waals surface area contributed by atoms with E-state index in [1.165, 1.54) is 6.07 Å². The molecule has 0 bridgehead atoms. The number of aromatic nitrogens is 1. The normalized spacial score (nSPS) is 10.2. The molecule has 0 unspecified atom stereocenters. The van der Waals surface area contributed by atoms with Gasteiger partial charge in [0.05, 0.1) is 11.8 Å². The molecule has 0 aliphatic carbocycles. The molecule has 0 spiro atoms. The van der Waals surface area contributed by atoms with E-state index in [2.05, 4.69) is 4.98 Å². The third kappa shape index (κ3) is 2.13. The van der Waals surface area contributed by atoms with Gasteiger partial charge in [-0.15, -0.1) is 0 Å². The maximum Gasteiger partial charge on any atom is 0.339 e. The highest BCUT2D eigenvalue weighted by molar-refractivity contribution is 5.57. The summed E-state index contributed by atoms with van der Waals surface area (Å²) in [6, 6.07) is 11.0. The van der Waals surface area contributed by atoms with Crippen LogP contribution in [0.5, 0.6) is 0 Å². The zero-order valence-corrected chi connectivity index (χ0v) is 8.43. The highest BCUT2D eigenvalue weighted by atomic mass is 16.4. The SMILES string of the molecule is CCc1nc(-c2ccccc2)cc(=O)o1. The Morgan fingerprint density at radius 3 is 2.67 bits per heavy atom. The van der Waals surface area contributed by atoms with Gasteiger partial charge in [-0.1, -0.05) is 37.3 Å². The van der Waals surface area contributed by atoms with E-state index in [1.54, 1.807) is 0 Å². The van der Waals surface area contributed by atoms with Crippen molar-refractivity contribution in [3.63, 3.8) is 0 Å². The largest absolute Gasteiger partial charge is 0.408 e. The minimum Gasteiger partial charge on any atom is -0.408 e. The molecule has 1 aromatic heterocycles. The first-order valence-corrected chi connectivity index (χ1v) is 4.86. The molecule has 0 atom stereocenters. The van der Waals surface area contributed by atoms with Crippen molar-refractivity contribution in [2.75, 3.05) is 0 Å². The molecule has 2 aromatic rings. The lowest BCUT2D eigenvalue weighted by Crippen LogP contribution is -2.03. The molecular weight excluding hydrogens is 190 g/mol. The lowest BCUT2D eigenvalue weighted by molar-refractivity contribution is 0.441. The van der Waals surface area contributed by atoms with Crippen LogP contribution in [0.15, 0.2) is 45.6 Å². The number of hydrogen-bond acceptors (Lipinski definition) is 3. The fourth-order valence-corrected chi connectivity index (χ4v) is 1.35. The van der Waals surface area contributed by atoms with Crippen LogP contribution in [0.3, 0.4) is 0 Å². The Bertz CT molecular complexity index is 503. The first kappa shape index (κ1) is 9.65. The van der Waals surface area contributed by atoms with E-state index in [9.17, 15) is 4.79 Å². The van der Waals surface area contributed by atoms with Crippen LogP contribution >= 0.6 is 0 Å². The van der Waals surface area contributed by atoms with Gasteiger partial charge in [0.1, 0.15) is 0 Å². The van der Waals surface area contributed by atoms with Crippen molar-refractivity contribution in [3.8, 4) is 11.3 Å². The fourth-order valence-electron chi connectivity index (χ4n) is 1.35. The molecule has 2 rings (SSSR count). The molecule has 0 aliphatic heterocycles. The summed E-state index contributed by atoms with van der Waals surface area (Å²) in [5, 5.41) is 0. The molecule has 1 aromatic carbocycles. The van der Waals surface area contributed by atoms with Crippen molar-refractivity contribution in [1.82, 2.24) is 4.98 Å². The molecule has 0 saturated heterocycles. The highest BCUT2D eigenvalue weighted by Crippen LogP contribution is 2.14. The van der Waals surface area contributed by atoms with Gasteiger partial charge in [-0.2, -0.15) is 0 Å². The van der Waals surface area contributed by atoms with E-state index in [-0.39, 0.29) is 5.63 Å². The van der Waals surface area contributed by atoms with Gasteiger partial charge in [-0.25, -0.2) is 9.78 Å². The van der Waals surface area contributed by atoms with E-state index >= 15 is 0 Å². The van der Waals surface area contributed by atoms with Crippen LogP contribution in [-0.4, -0.2) is 4.98 Å². The van der Waals surface area contributed by atoms with Crippen molar-refractivity contribution in [1.29, 1.82) is 0 Å². The van der Waals surface area contributed by atoms with Gasteiger partial charge in [0.2, 0.25) is 0 Å². The molecule has 0 saturated carbocycles. The van der Waals surface area contributed by atoms with Gasteiger partial charge >= 0.3 is 5.63 Å². The monoisotopic (exact) mass is 201 g/mol. The van der Waals surface area contributed by atoms with Crippen LogP contribution in [0.4, 0.5) is 0 Å². The Morgan fingerprint density at radius 1 is 1.27 bits per heavy atom. The van der Waals surface area contributed by atoms with Crippen LogP contribution in [0, 0.1) is 0 Å². The van der Waals surface area contributed by atoms with Crippen LogP contribution in [0.1, 0.15) is 12.8 Å². The maximum absolute atomic E-state index is 11.2. The zero-order chi connectivity index (χ0) is 10.7. The number of rotatable bonds is 2. The molecule has 0 fully saturated rings. The van der Waals surface area contributed by atoms with E-state index in [0.29, 0.717) is 18.0 Å². The molecule has 15 heavy (non-hydrogen) atoms. The van der Waals surface area contributed by atoms with Gasteiger partial charge in [-0.3, -0.25) is 0 Å². The van der Waals surface area contributed by atoms with Gasteiger partial charge in [-0.05, 0) is 0 Å².